The van der Waals surface area contributed by atoms with Crippen LogP contribution < -0.4 is 0 Å². The van der Waals surface area contributed by atoms with Crippen LogP contribution in [0.25, 0.3) is 0 Å². The van der Waals surface area contributed by atoms with Gasteiger partial charge in [-0.05, 0) is 33.0 Å². The van der Waals surface area contributed by atoms with Crippen molar-refractivity contribution in [2.45, 2.75) is 56.4 Å². The van der Waals surface area contributed by atoms with Gasteiger partial charge in [0, 0.05) is 44.6 Å². The third-order valence-corrected chi connectivity index (χ3v) is 6.54. The number of carbonyl (C=O) groups excluding carboxylic acids is 3. The fraction of sp³-hybridized carbons (Fsp3) is 0.609. The van der Waals surface area contributed by atoms with Gasteiger partial charge in [-0.1, -0.05) is 37.5 Å². The summed E-state index contributed by atoms with van der Waals surface area (Å²) in [4.78, 5) is 44.3. The minimum Gasteiger partial charge on any atom is -0.343 e. The molecule has 2 aliphatic rings. The summed E-state index contributed by atoms with van der Waals surface area (Å²) in [6, 6.07) is 6.15. The first-order chi connectivity index (χ1) is 14.3. The second kappa shape index (κ2) is 9.25. The van der Waals surface area contributed by atoms with Crippen molar-refractivity contribution in [3.8, 4) is 0 Å². The predicted molar refractivity (Wildman–Crippen MR) is 112 cm³/mol. The van der Waals surface area contributed by atoms with E-state index in [1.165, 1.54) is 23.5 Å². The summed E-state index contributed by atoms with van der Waals surface area (Å²) in [7, 11) is 5.48. The minimum atomic E-state index is -1.48. The Bertz CT molecular complexity index is 807. The Hall–Kier alpha value is -2.28. The molecule has 1 saturated carbocycles. The van der Waals surface area contributed by atoms with E-state index >= 15 is 0 Å². The monoisotopic (exact) mass is 417 g/mol. The quantitative estimate of drug-likeness (QED) is 0.640. The number of hydrogen-bond donors (Lipinski definition) is 0. The van der Waals surface area contributed by atoms with Gasteiger partial charge in [0.2, 0.25) is 17.7 Å². The topological polar surface area (TPSA) is 60.9 Å². The van der Waals surface area contributed by atoms with Crippen LogP contribution in [0.2, 0.25) is 0 Å². The molecule has 0 aromatic heterocycles. The fourth-order valence-corrected chi connectivity index (χ4v) is 4.67. The highest BCUT2D eigenvalue weighted by Crippen LogP contribution is 2.41. The molecule has 1 aliphatic heterocycles. The van der Waals surface area contributed by atoms with E-state index in [-0.39, 0.29) is 42.8 Å². The number of amides is 3. The average Bonchev–Trinajstić information content (AvgIpc) is 2.96. The fourth-order valence-electron chi connectivity index (χ4n) is 4.67. The van der Waals surface area contributed by atoms with E-state index in [1.807, 2.05) is 19.0 Å². The van der Waals surface area contributed by atoms with Gasteiger partial charge in [-0.25, -0.2) is 4.39 Å². The van der Waals surface area contributed by atoms with E-state index in [0.29, 0.717) is 6.54 Å². The lowest BCUT2D eigenvalue weighted by atomic mass is 9.75. The van der Waals surface area contributed by atoms with Crippen molar-refractivity contribution >= 4 is 17.7 Å². The maximum absolute atomic E-state index is 14.8. The molecule has 1 aromatic rings. The number of hydrogen-bond acceptors (Lipinski definition) is 4. The number of benzene rings is 1. The van der Waals surface area contributed by atoms with Crippen molar-refractivity contribution in [2.24, 2.45) is 0 Å². The third-order valence-electron chi connectivity index (χ3n) is 6.54. The molecule has 164 valence electrons. The number of likely N-dealkylation sites (tertiary alicyclic amines) is 1. The molecule has 0 bridgehead atoms. The summed E-state index contributed by atoms with van der Waals surface area (Å²) in [6.07, 6.45) is 4.85. The average molecular weight is 418 g/mol. The number of likely N-dealkylation sites (N-methyl/N-ethyl adjacent to an activating group) is 1. The first-order valence-electron chi connectivity index (χ1n) is 10.8. The Labute approximate surface area is 178 Å². The number of rotatable bonds is 7. The molecule has 2 fully saturated rings. The van der Waals surface area contributed by atoms with Crippen molar-refractivity contribution in [2.75, 3.05) is 34.2 Å². The number of nitrogens with zero attached hydrogens (tertiary/aromatic N) is 3. The van der Waals surface area contributed by atoms with Crippen LogP contribution in [0.4, 0.5) is 4.39 Å². The standard InChI is InChI=1S/C23H32FN3O3/c1-25(2)13-14-27-21(29)16-23(22(27)30,18-11-7-8-12-19(18)24)15-20(28)26(3)17-9-5-4-6-10-17/h7-8,11-12,17H,4-6,9-10,13-16H2,1-3H3/t23-/m0/s1. The molecular formula is C23H32FN3O3. The molecule has 3 amide bonds. The molecule has 1 heterocycles. The van der Waals surface area contributed by atoms with Gasteiger partial charge in [0.1, 0.15) is 5.82 Å². The zero-order valence-corrected chi connectivity index (χ0v) is 18.2. The van der Waals surface area contributed by atoms with Gasteiger partial charge in [0.25, 0.3) is 0 Å². The van der Waals surface area contributed by atoms with Crippen LogP contribution in [0.5, 0.6) is 0 Å². The Morgan fingerprint density at radius 1 is 1.13 bits per heavy atom. The largest absolute Gasteiger partial charge is 0.343 e. The third kappa shape index (κ3) is 4.41. The molecule has 0 N–H and O–H groups in total. The maximum atomic E-state index is 14.8. The molecule has 1 aromatic carbocycles. The Morgan fingerprint density at radius 3 is 2.43 bits per heavy atom. The van der Waals surface area contributed by atoms with E-state index in [1.54, 1.807) is 24.1 Å². The van der Waals surface area contributed by atoms with Crippen LogP contribution in [0, 0.1) is 5.82 Å². The van der Waals surface area contributed by atoms with E-state index in [2.05, 4.69) is 0 Å². The summed E-state index contributed by atoms with van der Waals surface area (Å²) in [6.45, 7) is 0.744. The number of carbonyl (C=O) groups is 3. The molecule has 0 spiro atoms. The van der Waals surface area contributed by atoms with Crippen molar-refractivity contribution in [3.63, 3.8) is 0 Å². The molecule has 0 radical (unpaired) electrons. The molecule has 0 unspecified atom stereocenters. The first kappa shape index (κ1) is 22.4. The number of halogens is 1. The van der Waals surface area contributed by atoms with Crippen LogP contribution in [0.15, 0.2) is 24.3 Å². The lowest BCUT2D eigenvalue weighted by molar-refractivity contribution is -0.143. The van der Waals surface area contributed by atoms with Crippen LogP contribution in [0.3, 0.4) is 0 Å². The highest BCUT2D eigenvalue weighted by molar-refractivity contribution is 6.10. The normalized spacial score (nSPS) is 22.8. The molecule has 3 rings (SSSR count). The van der Waals surface area contributed by atoms with Gasteiger partial charge in [0.15, 0.2) is 0 Å². The van der Waals surface area contributed by atoms with Gasteiger partial charge in [-0.3, -0.25) is 19.3 Å². The summed E-state index contributed by atoms with van der Waals surface area (Å²) in [5, 5.41) is 0. The summed E-state index contributed by atoms with van der Waals surface area (Å²) >= 11 is 0. The van der Waals surface area contributed by atoms with Gasteiger partial charge >= 0.3 is 0 Å². The van der Waals surface area contributed by atoms with Gasteiger partial charge in [-0.2, -0.15) is 0 Å². The lowest BCUT2D eigenvalue weighted by Crippen LogP contribution is -2.46. The molecule has 1 aliphatic carbocycles. The van der Waals surface area contributed by atoms with Crippen LogP contribution in [-0.4, -0.2) is 72.7 Å². The van der Waals surface area contributed by atoms with Crippen LogP contribution in [0.1, 0.15) is 50.5 Å². The molecule has 1 saturated heterocycles. The predicted octanol–water partition coefficient (Wildman–Crippen LogP) is 2.57. The van der Waals surface area contributed by atoms with Gasteiger partial charge in [0.05, 0.1) is 5.41 Å². The van der Waals surface area contributed by atoms with E-state index in [9.17, 15) is 18.8 Å². The minimum absolute atomic E-state index is 0.140. The van der Waals surface area contributed by atoms with E-state index in [4.69, 9.17) is 0 Å². The van der Waals surface area contributed by atoms with Crippen molar-refractivity contribution in [1.29, 1.82) is 0 Å². The van der Waals surface area contributed by atoms with Gasteiger partial charge < -0.3 is 9.80 Å². The summed E-state index contributed by atoms with van der Waals surface area (Å²) < 4.78 is 14.8. The summed E-state index contributed by atoms with van der Waals surface area (Å²) in [5.74, 6) is -1.58. The zero-order chi connectivity index (χ0) is 21.9. The van der Waals surface area contributed by atoms with Crippen LogP contribution in [-0.2, 0) is 19.8 Å². The van der Waals surface area contributed by atoms with E-state index < -0.39 is 17.1 Å². The molecule has 30 heavy (non-hydrogen) atoms. The molecule has 6 nitrogen and oxygen atoms in total. The Kier molecular flexibility index (Phi) is 6.91. The molecule has 7 heteroatoms. The molecular weight excluding hydrogens is 385 g/mol. The van der Waals surface area contributed by atoms with Gasteiger partial charge in [-0.15, -0.1) is 0 Å². The smallest absolute Gasteiger partial charge is 0.241 e. The van der Waals surface area contributed by atoms with Crippen molar-refractivity contribution < 1.29 is 18.8 Å². The second-order valence-corrected chi connectivity index (χ2v) is 8.87. The van der Waals surface area contributed by atoms with Crippen molar-refractivity contribution in [1.82, 2.24) is 14.7 Å². The highest BCUT2D eigenvalue weighted by atomic mass is 19.1. The second-order valence-electron chi connectivity index (χ2n) is 8.87. The summed E-state index contributed by atoms with van der Waals surface area (Å²) in [5.41, 5.74) is -1.34. The van der Waals surface area contributed by atoms with Crippen molar-refractivity contribution in [3.05, 3.63) is 35.6 Å². The SMILES string of the molecule is CN(C)CCN1C(=O)C[C@@](CC(=O)N(C)C2CCCCC2)(c2ccccc2F)C1=O. The first-order valence-corrected chi connectivity index (χ1v) is 10.8. The highest BCUT2D eigenvalue weighted by Gasteiger charge is 2.55. The zero-order valence-electron chi connectivity index (χ0n) is 18.2. The van der Waals surface area contributed by atoms with E-state index in [0.717, 1.165) is 25.7 Å². The Morgan fingerprint density at radius 2 is 1.80 bits per heavy atom. The maximum Gasteiger partial charge on any atom is 0.241 e. The Balaban J connectivity index is 1.91. The molecule has 1 atom stereocenters. The lowest BCUT2D eigenvalue weighted by Gasteiger charge is -2.34. The number of imide groups is 1. The van der Waals surface area contributed by atoms with Crippen LogP contribution >= 0.6 is 0 Å².